The van der Waals surface area contributed by atoms with Gasteiger partial charge in [-0.25, -0.2) is 4.98 Å². The molecule has 0 unspecified atom stereocenters. The van der Waals surface area contributed by atoms with E-state index >= 15 is 0 Å². The molecule has 5 rings (SSSR count). The highest BCUT2D eigenvalue weighted by Crippen LogP contribution is 2.42. The Hall–Kier alpha value is -2.82. The van der Waals surface area contributed by atoms with E-state index in [-0.39, 0.29) is 11.4 Å². The number of aryl methyl sites for hydroxylation is 1. The highest BCUT2D eigenvalue weighted by molar-refractivity contribution is 6.01. The first-order valence-electron chi connectivity index (χ1n) is 9.57. The van der Waals surface area contributed by atoms with E-state index < -0.39 is 0 Å². The molecule has 0 aliphatic carbocycles. The molecule has 3 aromatic rings. The Kier molecular flexibility index (Phi) is 3.54. The summed E-state index contributed by atoms with van der Waals surface area (Å²) in [5.74, 6) is 1.90. The molecule has 0 radical (unpaired) electrons. The average molecular weight is 361 g/mol. The summed E-state index contributed by atoms with van der Waals surface area (Å²) >= 11 is 0. The van der Waals surface area contributed by atoms with Crippen molar-refractivity contribution in [1.29, 1.82) is 0 Å². The van der Waals surface area contributed by atoms with Crippen LogP contribution in [-0.2, 0) is 0 Å². The molecule has 1 spiro atoms. The third kappa shape index (κ3) is 2.60. The van der Waals surface area contributed by atoms with Crippen molar-refractivity contribution in [2.75, 3.05) is 18.0 Å². The maximum absolute atomic E-state index is 12.8. The Balaban J connectivity index is 1.39. The largest absolute Gasteiger partial charge is 0.486 e. The zero-order chi connectivity index (χ0) is 18.6. The van der Waals surface area contributed by atoms with Crippen molar-refractivity contribution in [3.8, 4) is 5.75 Å². The minimum absolute atomic E-state index is 0.205. The molecule has 1 N–H and O–H groups in total. The molecule has 1 saturated heterocycles. The van der Waals surface area contributed by atoms with Crippen LogP contribution in [0.4, 0.5) is 5.95 Å². The molecule has 1 aromatic heterocycles. The topological polar surface area (TPSA) is 58.2 Å². The fourth-order valence-electron chi connectivity index (χ4n) is 4.28. The van der Waals surface area contributed by atoms with Crippen LogP contribution in [0.1, 0.15) is 40.7 Å². The fraction of sp³-hybridized carbons (Fsp3) is 0.364. The number of piperidine rings is 1. The molecule has 0 atom stereocenters. The van der Waals surface area contributed by atoms with Gasteiger partial charge in [0.2, 0.25) is 5.95 Å². The van der Waals surface area contributed by atoms with Gasteiger partial charge in [0.15, 0.2) is 5.78 Å². The minimum Gasteiger partial charge on any atom is -0.486 e. The van der Waals surface area contributed by atoms with Crippen molar-refractivity contribution < 1.29 is 9.53 Å². The van der Waals surface area contributed by atoms with E-state index in [1.54, 1.807) is 0 Å². The number of nitrogens with one attached hydrogen (secondary N) is 1. The quantitative estimate of drug-likeness (QED) is 0.706. The molecule has 0 saturated carbocycles. The molecule has 27 heavy (non-hydrogen) atoms. The number of ether oxygens (including phenoxy) is 1. The molecule has 3 heterocycles. The first-order chi connectivity index (χ1) is 13.0. The van der Waals surface area contributed by atoms with Crippen LogP contribution in [0, 0.1) is 13.8 Å². The van der Waals surface area contributed by atoms with Gasteiger partial charge < -0.3 is 14.6 Å². The molecule has 0 bridgehead atoms. The van der Waals surface area contributed by atoms with Gasteiger partial charge in [-0.3, -0.25) is 4.79 Å². The zero-order valence-corrected chi connectivity index (χ0v) is 15.7. The number of hydrogen-bond acceptors (Lipinski definition) is 4. The Morgan fingerprint density at radius 3 is 2.67 bits per heavy atom. The lowest BCUT2D eigenvalue weighted by atomic mass is 9.81. The Morgan fingerprint density at radius 2 is 1.89 bits per heavy atom. The van der Waals surface area contributed by atoms with Crippen LogP contribution >= 0.6 is 0 Å². The monoisotopic (exact) mass is 361 g/mol. The number of anilines is 1. The second-order valence-corrected chi connectivity index (χ2v) is 7.83. The first-order valence-corrected chi connectivity index (χ1v) is 9.57. The molecular formula is C22H23N3O2. The number of aromatic amines is 1. The van der Waals surface area contributed by atoms with Gasteiger partial charge in [0, 0.05) is 25.9 Å². The highest BCUT2D eigenvalue weighted by Gasteiger charge is 2.43. The summed E-state index contributed by atoms with van der Waals surface area (Å²) in [7, 11) is 0. The standard InChI is InChI=1S/C22H23N3O2/c1-14-7-8-16-19(26)13-22(27-20(16)15(14)2)9-11-25(12-10-22)21-23-17-5-3-4-6-18(17)24-21/h3-8H,9-13H2,1-2H3,(H,23,24). The number of fused-ring (bicyclic) bond motifs is 2. The summed E-state index contributed by atoms with van der Waals surface area (Å²) < 4.78 is 6.51. The van der Waals surface area contributed by atoms with E-state index in [1.807, 2.05) is 43.3 Å². The van der Waals surface area contributed by atoms with E-state index in [9.17, 15) is 4.79 Å². The van der Waals surface area contributed by atoms with Crippen LogP contribution in [0.3, 0.4) is 0 Å². The predicted octanol–water partition coefficient (Wildman–Crippen LogP) is 4.18. The molecule has 5 heteroatoms. The number of ketones is 1. The van der Waals surface area contributed by atoms with E-state index in [4.69, 9.17) is 9.72 Å². The van der Waals surface area contributed by atoms with Gasteiger partial charge >= 0.3 is 0 Å². The van der Waals surface area contributed by atoms with Crippen molar-refractivity contribution in [1.82, 2.24) is 9.97 Å². The van der Waals surface area contributed by atoms with Crippen LogP contribution < -0.4 is 9.64 Å². The lowest BCUT2D eigenvalue weighted by Gasteiger charge is -2.44. The van der Waals surface area contributed by atoms with Crippen LogP contribution in [0.25, 0.3) is 11.0 Å². The summed E-state index contributed by atoms with van der Waals surface area (Å²) in [6.45, 7) is 5.76. The second kappa shape index (κ2) is 5.84. The fourth-order valence-corrected chi connectivity index (χ4v) is 4.28. The molecular weight excluding hydrogens is 338 g/mol. The third-order valence-electron chi connectivity index (χ3n) is 6.13. The number of benzene rings is 2. The van der Waals surface area contributed by atoms with Gasteiger partial charge in [-0.1, -0.05) is 18.2 Å². The van der Waals surface area contributed by atoms with Gasteiger partial charge in [-0.15, -0.1) is 0 Å². The van der Waals surface area contributed by atoms with Crippen LogP contribution in [0.5, 0.6) is 5.75 Å². The van der Waals surface area contributed by atoms with Crippen LogP contribution in [-0.4, -0.2) is 34.4 Å². The number of carbonyl (C=O) groups excluding carboxylic acids is 1. The van der Waals surface area contributed by atoms with Gasteiger partial charge in [0.25, 0.3) is 0 Å². The third-order valence-corrected chi connectivity index (χ3v) is 6.13. The number of para-hydroxylation sites is 2. The van der Waals surface area contributed by atoms with Gasteiger partial charge in [0.1, 0.15) is 11.4 Å². The predicted molar refractivity (Wildman–Crippen MR) is 106 cm³/mol. The number of nitrogens with zero attached hydrogens (tertiary/aromatic N) is 2. The number of H-pyrrole nitrogens is 1. The number of imidazole rings is 1. The first kappa shape index (κ1) is 16.4. The average Bonchev–Trinajstić information content (AvgIpc) is 3.10. The maximum atomic E-state index is 12.8. The molecule has 2 aromatic carbocycles. The van der Waals surface area contributed by atoms with Gasteiger partial charge in [-0.2, -0.15) is 0 Å². The molecule has 2 aliphatic rings. The van der Waals surface area contributed by atoms with Gasteiger partial charge in [-0.05, 0) is 43.2 Å². The Bertz CT molecular complexity index is 1010. The van der Waals surface area contributed by atoms with Crippen LogP contribution in [0.2, 0.25) is 0 Å². The van der Waals surface area contributed by atoms with Crippen molar-refractivity contribution in [3.05, 3.63) is 53.1 Å². The summed E-state index contributed by atoms with van der Waals surface area (Å²) in [5.41, 5.74) is 4.64. The number of aromatic nitrogens is 2. The van der Waals surface area contributed by atoms with Gasteiger partial charge in [0.05, 0.1) is 23.0 Å². The Morgan fingerprint density at radius 1 is 1.11 bits per heavy atom. The Labute approximate surface area is 158 Å². The molecule has 2 aliphatic heterocycles. The van der Waals surface area contributed by atoms with Crippen LogP contribution in [0.15, 0.2) is 36.4 Å². The maximum Gasteiger partial charge on any atom is 0.203 e. The van der Waals surface area contributed by atoms with Crippen molar-refractivity contribution >= 4 is 22.8 Å². The summed E-state index contributed by atoms with van der Waals surface area (Å²) in [4.78, 5) is 23.2. The zero-order valence-electron chi connectivity index (χ0n) is 15.7. The normalized spacial score (nSPS) is 18.6. The van der Waals surface area contributed by atoms with Crippen molar-refractivity contribution in [2.45, 2.75) is 38.7 Å². The van der Waals surface area contributed by atoms with Crippen molar-refractivity contribution in [2.24, 2.45) is 0 Å². The summed E-state index contributed by atoms with van der Waals surface area (Å²) in [5, 5.41) is 0. The van der Waals surface area contributed by atoms with Crippen molar-refractivity contribution in [3.63, 3.8) is 0 Å². The highest BCUT2D eigenvalue weighted by atomic mass is 16.5. The number of carbonyl (C=O) groups is 1. The number of Topliss-reactive ketones (excluding diaryl/α,β-unsaturated/α-hetero) is 1. The number of hydrogen-bond donors (Lipinski definition) is 1. The minimum atomic E-state index is -0.384. The van der Waals surface area contributed by atoms with E-state index in [2.05, 4.69) is 16.8 Å². The lowest BCUT2D eigenvalue weighted by Crippen LogP contribution is -2.51. The molecule has 138 valence electrons. The second-order valence-electron chi connectivity index (χ2n) is 7.83. The summed E-state index contributed by atoms with van der Waals surface area (Å²) in [6, 6.07) is 12.0. The molecule has 1 fully saturated rings. The summed E-state index contributed by atoms with van der Waals surface area (Å²) in [6.07, 6.45) is 2.11. The lowest BCUT2D eigenvalue weighted by molar-refractivity contribution is 0.0224. The molecule has 0 amide bonds. The SMILES string of the molecule is Cc1ccc2c(c1C)OC1(CCN(c3nc4ccccc4[nH]3)CC1)CC2=O. The van der Waals surface area contributed by atoms with E-state index in [1.165, 1.54) is 5.56 Å². The van der Waals surface area contributed by atoms with E-state index in [0.29, 0.717) is 6.42 Å². The molecule has 5 nitrogen and oxygen atoms in total. The van der Waals surface area contributed by atoms with E-state index in [0.717, 1.165) is 59.8 Å². The smallest absolute Gasteiger partial charge is 0.203 e. The number of rotatable bonds is 1.